The van der Waals surface area contributed by atoms with E-state index in [4.69, 9.17) is 16.3 Å². The minimum Gasteiger partial charge on any atom is -0.464 e. The molecule has 0 atom stereocenters. The monoisotopic (exact) mass is 400 g/mol. The number of anilines is 1. The fourth-order valence-corrected chi connectivity index (χ4v) is 3.30. The molecule has 0 saturated heterocycles. The van der Waals surface area contributed by atoms with Gasteiger partial charge in [0, 0.05) is 11.8 Å². The second-order valence-corrected chi connectivity index (χ2v) is 7.02. The van der Waals surface area contributed by atoms with Crippen molar-refractivity contribution in [2.45, 2.75) is 31.8 Å². The number of ether oxygens (including phenoxy) is 1. The molecule has 28 heavy (non-hydrogen) atoms. The van der Waals surface area contributed by atoms with Crippen molar-refractivity contribution in [2.24, 2.45) is 0 Å². The predicted molar refractivity (Wildman–Crippen MR) is 99.9 cm³/mol. The number of hydrogen-bond donors (Lipinski definition) is 1. The van der Waals surface area contributed by atoms with Crippen LogP contribution in [0.3, 0.4) is 0 Å². The molecule has 144 valence electrons. The van der Waals surface area contributed by atoms with Gasteiger partial charge in [-0.25, -0.2) is 14.8 Å². The lowest BCUT2D eigenvalue weighted by Gasteiger charge is -2.20. The van der Waals surface area contributed by atoms with Crippen LogP contribution in [0.2, 0.25) is 5.28 Å². The maximum absolute atomic E-state index is 12.6. The van der Waals surface area contributed by atoms with E-state index in [0.29, 0.717) is 35.3 Å². The van der Waals surface area contributed by atoms with Gasteiger partial charge in [0.05, 0.1) is 24.3 Å². The molecule has 0 spiro atoms. The van der Waals surface area contributed by atoms with E-state index in [9.17, 15) is 14.4 Å². The Kier molecular flexibility index (Phi) is 4.50. The lowest BCUT2D eigenvalue weighted by atomic mass is 10.1. The molecule has 1 aliphatic carbocycles. The number of nitrogens with zero attached hydrogens (tertiary/aromatic N) is 3. The molecule has 1 aromatic carbocycles. The molecule has 0 bridgehead atoms. The van der Waals surface area contributed by atoms with Crippen LogP contribution in [0.1, 0.15) is 46.0 Å². The predicted octanol–water partition coefficient (Wildman–Crippen LogP) is 2.43. The fraction of sp³-hybridized carbons (Fsp3) is 0.316. The lowest BCUT2D eigenvalue weighted by Crippen LogP contribution is -2.35. The third-order valence-electron chi connectivity index (χ3n) is 4.82. The van der Waals surface area contributed by atoms with E-state index < -0.39 is 5.54 Å². The number of fused-ring (bicyclic) bond motifs is 1. The Balaban J connectivity index is 1.61. The van der Waals surface area contributed by atoms with E-state index in [1.807, 2.05) is 0 Å². The van der Waals surface area contributed by atoms with Crippen LogP contribution in [0.4, 0.5) is 5.82 Å². The van der Waals surface area contributed by atoms with Crippen molar-refractivity contribution < 1.29 is 19.1 Å². The van der Waals surface area contributed by atoms with Crippen LogP contribution in [-0.4, -0.2) is 44.8 Å². The highest BCUT2D eigenvalue weighted by Gasteiger charge is 2.52. The average molecular weight is 401 g/mol. The first-order chi connectivity index (χ1) is 13.4. The zero-order chi connectivity index (χ0) is 19.9. The smallest absolute Gasteiger partial charge is 0.331 e. The van der Waals surface area contributed by atoms with E-state index in [1.165, 1.54) is 6.20 Å². The number of esters is 1. The third kappa shape index (κ3) is 3.09. The van der Waals surface area contributed by atoms with Gasteiger partial charge in [0.25, 0.3) is 11.8 Å². The molecule has 1 aromatic heterocycles. The SMILES string of the molecule is CCOC(=O)C1(Nc2nc(Cl)ncc2CN2C(=O)c3ccccc3C2=O)CC1. The fourth-order valence-electron chi connectivity index (χ4n) is 3.16. The van der Waals surface area contributed by atoms with Gasteiger partial charge in [-0.2, -0.15) is 0 Å². The normalized spacial score (nSPS) is 16.7. The summed E-state index contributed by atoms with van der Waals surface area (Å²) in [4.78, 5) is 46.8. The highest BCUT2D eigenvalue weighted by molar-refractivity contribution is 6.28. The summed E-state index contributed by atoms with van der Waals surface area (Å²) in [7, 11) is 0. The van der Waals surface area contributed by atoms with Crippen molar-refractivity contribution in [2.75, 3.05) is 11.9 Å². The number of amides is 2. The van der Waals surface area contributed by atoms with E-state index >= 15 is 0 Å². The lowest BCUT2D eigenvalue weighted by molar-refractivity contribution is -0.145. The molecule has 0 radical (unpaired) electrons. The minimum absolute atomic E-state index is 0.00623. The van der Waals surface area contributed by atoms with Gasteiger partial charge >= 0.3 is 5.97 Å². The first kappa shape index (κ1) is 18.4. The zero-order valence-corrected chi connectivity index (χ0v) is 15.8. The summed E-state index contributed by atoms with van der Waals surface area (Å²) in [6, 6.07) is 6.66. The molecule has 9 heteroatoms. The summed E-state index contributed by atoms with van der Waals surface area (Å²) in [6.45, 7) is 1.97. The first-order valence-corrected chi connectivity index (χ1v) is 9.25. The van der Waals surface area contributed by atoms with E-state index in [2.05, 4.69) is 15.3 Å². The number of rotatable bonds is 6. The summed E-state index contributed by atoms with van der Waals surface area (Å²) in [6.07, 6.45) is 2.64. The molecular formula is C19H17ClN4O4. The Morgan fingerprint density at radius 1 is 1.25 bits per heavy atom. The highest BCUT2D eigenvalue weighted by atomic mass is 35.5. The van der Waals surface area contributed by atoms with Gasteiger partial charge in [-0.1, -0.05) is 12.1 Å². The molecule has 1 N–H and O–H groups in total. The van der Waals surface area contributed by atoms with Crippen molar-refractivity contribution in [3.05, 3.63) is 52.4 Å². The first-order valence-electron chi connectivity index (χ1n) is 8.87. The van der Waals surface area contributed by atoms with E-state index in [0.717, 1.165) is 4.90 Å². The molecule has 0 unspecified atom stereocenters. The molecule has 2 heterocycles. The van der Waals surface area contributed by atoms with Gasteiger partial charge < -0.3 is 10.1 Å². The number of benzene rings is 1. The van der Waals surface area contributed by atoms with Gasteiger partial charge in [0.15, 0.2) is 0 Å². The summed E-state index contributed by atoms with van der Waals surface area (Å²) in [5.74, 6) is -0.820. The Hall–Kier alpha value is -3.00. The van der Waals surface area contributed by atoms with Crippen molar-refractivity contribution >= 4 is 35.2 Å². The number of nitrogens with one attached hydrogen (secondary N) is 1. The maximum atomic E-state index is 12.6. The Morgan fingerprint density at radius 2 is 1.89 bits per heavy atom. The second-order valence-electron chi connectivity index (χ2n) is 6.68. The van der Waals surface area contributed by atoms with Gasteiger partial charge in [-0.05, 0) is 43.5 Å². The Bertz CT molecular complexity index is 955. The molecule has 2 aliphatic rings. The summed E-state index contributed by atoms with van der Waals surface area (Å²) in [5, 5.41) is 3.08. The molecule has 2 aromatic rings. The number of carbonyl (C=O) groups is 3. The average Bonchev–Trinajstić information content (AvgIpc) is 3.43. The maximum Gasteiger partial charge on any atom is 0.331 e. The zero-order valence-electron chi connectivity index (χ0n) is 15.1. The third-order valence-corrected chi connectivity index (χ3v) is 5.00. The second kappa shape index (κ2) is 6.87. The summed E-state index contributed by atoms with van der Waals surface area (Å²) >= 11 is 5.93. The Morgan fingerprint density at radius 3 is 2.46 bits per heavy atom. The van der Waals surface area contributed by atoms with Crippen LogP contribution in [0, 0.1) is 0 Å². The van der Waals surface area contributed by atoms with Crippen molar-refractivity contribution in [1.29, 1.82) is 0 Å². The Labute approximate surface area is 165 Å². The molecule has 4 rings (SSSR count). The van der Waals surface area contributed by atoms with Gasteiger partial charge in [-0.3, -0.25) is 14.5 Å². The van der Waals surface area contributed by atoms with Gasteiger partial charge in [0.2, 0.25) is 5.28 Å². The van der Waals surface area contributed by atoms with Crippen molar-refractivity contribution in [1.82, 2.24) is 14.9 Å². The van der Waals surface area contributed by atoms with Crippen LogP contribution in [0.25, 0.3) is 0 Å². The topological polar surface area (TPSA) is 101 Å². The molecule has 1 aliphatic heterocycles. The summed E-state index contributed by atoms with van der Waals surface area (Å²) in [5.41, 5.74) is 0.350. The number of aromatic nitrogens is 2. The molecule has 2 amide bonds. The van der Waals surface area contributed by atoms with Crippen LogP contribution in [0.5, 0.6) is 0 Å². The number of carbonyl (C=O) groups excluding carboxylic acids is 3. The molecule has 1 saturated carbocycles. The minimum atomic E-state index is -0.857. The van der Waals surface area contributed by atoms with Crippen LogP contribution in [-0.2, 0) is 16.1 Å². The number of halogens is 1. The van der Waals surface area contributed by atoms with Crippen LogP contribution >= 0.6 is 11.6 Å². The highest BCUT2D eigenvalue weighted by Crippen LogP contribution is 2.40. The van der Waals surface area contributed by atoms with Crippen molar-refractivity contribution in [3.63, 3.8) is 0 Å². The van der Waals surface area contributed by atoms with E-state index in [1.54, 1.807) is 31.2 Å². The number of imide groups is 1. The van der Waals surface area contributed by atoms with Crippen molar-refractivity contribution in [3.8, 4) is 0 Å². The molecular weight excluding hydrogens is 384 g/mol. The van der Waals surface area contributed by atoms with Gasteiger partial charge in [-0.15, -0.1) is 0 Å². The molecule has 1 fully saturated rings. The van der Waals surface area contributed by atoms with Gasteiger partial charge in [0.1, 0.15) is 11.4 Å². The van der Waals surface area contributed by atoms with Crippen LogP contribution < -0.4 is 5.32 Å². The number of hydrogen-bond acceptors (Lipinski definition) is 7. The van der Waals surface area contributed by atoms with Crippen LogP contribution in [0.15, 0.2) is 30.5 Å². The summed E-state index contributed by atoms with van der Waals surface area (Å²) < 4.78 is 5.12. The van der Waals surface area contributed by atoms with E-state index in [-0.39, 0.29) is 36.2 Å². The largest absolute Gasteiger partial charge is 0.464 e. The molecule has 8 nitrogen and oxygen atoms in total. The quantitative estimate of drug-likeness (QED) is 0.451. The standard InChI is InChI=1S/C19H17ClN4O4/c1-2-28-17(27)19(7-8-19)23-14-11(9-21-18(20)22-14)10-24-15(25)12-5-3-4-6-13(12)16(24)26/h3-6,9H,2,7-8,10H2,1H3,(H,21,22,23).